The minimum Gasteiger partial charge on any atom is -0.462 e. The Hall–Kier alpha value is -8.43. The summed E-state index contributed by atoms with van der Waals surface area (Å²) in [5.74, 6) is -0.341. The molecule has 6 aliphatic rings. The third-order valence-corrected chi connectivity index (χ3v) is 19.0. The predicted molar refractivity (Wildman–Crippen MR) is 334 cm³/mol. The van der Waals surface area contributed by atoms with Crippen LogP contribution in [-0.4, -0.2) is 180 Å². The molecule has 0 saturated carbocycles. The van der Waals surface area contributed by atoms with E-state index in [1.807, 2.05) is 0 Å². The Bertz CT molecular complexity index is 3730. The molecule has 452 valence electrons. The van der Waals surface area contributed by atoms with Crippen molar-refractivity contribution in [1.82, 2.24) is 39.5 Å². The number of halogens is 1. The monoisotopic (exact) mass is 1180 g/mol. The van der Waals surface area contributed by atoms with Crippen LogP contribution in [-0.2, 0) is 35.5 Å². The van der Waals surface area contributed by atoms with Crippen molar-refractivity contribution < 1.29 is 28.6 Å². The fourth-order valence-electron chi connectivity index (χ4n) is 14.4. The van der Waals surface area contributed by atoms with Gasteiger partial charge < -0.3 is 48.9 Å². The number of nitriles is 2. The minimum atomic E-state index is -1.04. The number of fused-ring (bicyclic) bond motifs is 4. The highest BCUT2D eigenvalue weighted by Gasteiger charge is 2.38. The number of piperazine rings is 2. The summed E-state index contributed by atoms with van der Waals surface area (Å²) in [5.41, 5.74) is 9.76. The van der Waals surface area contributed by atoms with Crippen LogP contribution in [0.3, 0.4) is 0 Å². The van der Waals surface area contributed by atoms with E-state index in [1.165, 1.54) is 55.3 Å². The number of aliphatic hydroxyl groups excluding tert-OH is 1. The summed E-state index contributed by atoms with van der Waals surface area (Å²) in [6.07, 6.45) is 7.36. The van der Waals surface area contributed by atoms with Gasteiger partial charge in [-0.1, -0.05) is 67.3 Å². The molecule has 19 nitrogen and oxygen atoms in total. The van der Waals surface area contributed by atoms with E-state index in [4.69, 9.17) is 29.4 Å². The average molecular weight is 1180 g/mol. The van der Waals surface area contributed by atoms with Gasteiger partial charge in [-0.2, -0.15) is 30.5 Å². The maximum Gasteiger partial charge on any atom is 0.318 e. The van der Waals surface area contributed by atoms with E-state index in [2.05, 4.69) is 143 Å². The zero-order valence-corrected chi connectivity index (χ0v) is 50.4. The summed E-state index contributed by atoms with van der Waals surface area (Å²) < 4.78 is 27.6. The Morgan fingerprint density at radius 3 is 1.85 bits per heavy atom. The number of aliphatic hydroxyl groups is 1. The number of nitrogens with zero attached hydrogens (tertiary/aromatic N) is 14. The molecule has 2 amide bonds. The van der Waals surface area contributed by atoms with Gasteiger partial charge in [0, 0.05) is 110 Å². The SMILES string of the molecule is C=C(F)C(=O)N1CCN(c2nc(OC[C@H]3CC(c4cc(N5CCc6c(nc(OC[C@H]7CCCN7C)nc6N6CCN(C(=O)/C=C/CO)[C@@H](CC#N)C6)C5)c5c(C)cccc5c4)CN3C)nc3c2CCN(c2cccc4cccc(C)c24)C3)C[C@@H]1CC#N. The van der Waals surface area contributed by atoms with Crippen molar-refractivity contribution in [2.24, 2.45) is 0 Å². The molecule has 4 aromatic carbocycles. The summed E-state index contributed by atoms with van der Waals surface area (Å²) in [6.45, 7) is 14.8. The Balaban J connectivity index is 0.815. The lowest BCUT2D eigenvalue weighted by Gasteiger charge is -2.42. The van der Waals surface area contributed by atoms with E-state index < -0.39 is 17.8 Å². The standard InChI is InChI=1S/C67H77FN14O5/c1-43-11-6-13-46-14-8-17-58(61(43)46)77-26-21-54-56(39-77)71-67(74-64(54)80-29-31-82(65(85)45(3)68)51(38-80)20-24-70)87-42-53-34-49(36-76(53)5)48-33-47-15-7-12-44(2)62(47)59(35-48)78-27-22-55-57(40-78)72-66(86-41-52-16-9-25-75(52)4)73-63(55)79-28-30-81(50(37-79)19-23-69)60(84)18-10-32-83/h6-8,10-15,17-18,33,35,49-53,83H,3,9,16,19-22,25-32,34,36-42H2,1-2,4-5H3/b18-10+/t49?,50-,51-,52+,53+/m0/s1. The maximum atomic E-state index is 14.3. The molecule has 6 aliphatic heterocycles. The van der Waals surface area contributed by atoms with Crippen LogP contribution in [0.15, 0.2) is 91.3 Å². The van der Waals surface area contributed by atoms with E-state index in [9.17, 15) is 29.6 Å². The number of amides is 2. The van der Waals surface area contributed by atoms with Gasteiger partial charge in [-0.3, -0.25) is 14.5 Å². The fraction of sp³-hybridized carbons (Fsp3) is 0.463. The summed E-state index contributed by atoms with van der Waals surface area (Å²) in [5, 5.41) is 34.0. The van der Waals surface area contributed by atoms with Crippen LogP contribution < -0.4 is 29.1 Å². The topological polar surface area (TPSA) is 198 Å². The second-order valence-electron chi connectivity index (χ2n) is 24.4. The normalized spacial score (nSPS) is 21.8. The quantitative estimate of drug-likeness (QED) is 0.0932. The van der Waals surface area contributed by atoms with Crippen molar-refractivity contribution in [3.05, 3.63) is 130 Å². The van der Waals surface area contributed by atoms with Crippen molar-refractivity contribution in [3.63, 3.8) is 0 Å². The first-order chi connectivity index (χ1) is 42.3. The van der Waals surface area contributed by atoms with Crippen molar-refractivity contribution in [2.75, 3.05) is 119 Å². The number of anilines is 4. The van der Waals surface area contributed by atoms with Crippen LogP contribution in [0.1, 0.15) is 77.2 Å². The number of likely N-dealkylation sites (tertiary alicyclic amines) is 2. The molecule has 0 aliphatic carbocycles. The van der Waals surface area contributed by atoms with Gasteiger partial charge in [0.2, 0.25) is 5.91 Å². The van der Waals surface area contributed by atoms with Crippen molar-refractivity contribution in [1.29, 1.82) is 10.5 Å². The zero-order valence-electron chi connectivity index (χ0n) is 50.4. The molecule has 0 spiro atoms. The van der Waals surface area contributed by atoms with Gasteiger partial charge in [0.1, 0.15) is 24.8 Å². The lowest BCUT2D eigenvalue weighted by atomic mass is 9.91. The molecule has 4 fully saturated rings. The molecule has 20 heteroatoms. The number of aromatic nitrogens is 4. The predicted octanol–water partition coefficient (Wildman–Crippen LogP) is 7.55. The van der Waals surface area contributed by atoms with Crippen molar-refractivity contribution >= 4 is 56.4 Å². The lowest BCUT2D eigenvalue weighted by Crippen LogP contribution is -2.55. The van der Waals surface area contributed by atoms with E-state index in [0.717, 1.165) is 91.0 Å². The lowest BCUT2D eigenvalue weighted by molar-refractivity contribution is -0.131. The van der Waals surface area contributed by atoms with Gasteiger partial charge in [0.25, 0.3) is 5.91 Å². The van der Waals surface area contributed by atoms with E-state index in [0.29, 0.717) is 77.9 Å². The molecule has 5 atom stereocenters. The highest BCUT2D eigenvalue weighted by atomic mass is 19.1. The summed E-state index contributed by atoms with van der Waals surface area (Å²) in [4.78, 5) is 63.9. The molecule has 4 saturated heterocycles. The van der Waals surface area contributed by atoms with E-state index >= 15 is 0 Å². The molecule has 1 N–H and O–H groups in total. The van der Waals surface area contributed by atoms with Gasteiger partial charge >= 0.3 is 12.0 Å². The number of hydrogen-bond donors (Lipinski definition) is 1. The number of ether oxygens (including phenoxy) is 2. The third kappa shape index (κ3) is 12.1. The molecule has 0 bridgehead atoms. The average Bonchev–Trinajstić information content (AvgIpc) is 1.90. The number of hydrogen-bond acceptors (Lipinski definition) is 17. The van der Waals surface area contributed by atoms with Crippen LogP contribution in [0.4, 0.5) is 27.4 Å². The molecule has 2 aromatic heterocycles. The van der Waals surface area contributed by atoms with Gasteiger partial charge in [0.15, 0.2) is 5.83 Å². The number of rotatable bonds is 16. The number of benzene rings is 4. The highest BCUT2D eigenvalue weighted by Crippen LogP contribution is 2.42. The molecule has 6 aromatic rings. The first-order valence-electron chi connectivity index (χ1n) is 30.7. The number of carbonyl (C=O) groups excluding carboxylic acids is 2. The minimum absolute atomic E-state index is 0.0349. The second-order valence-corrected chi connectivity index (χ2v) is 24.4. The third-order valence-electron chi connectivity index (χ3n) is 19.0. The van der Waals surface area contributed by atoms with Crippen LogP contribution in [0.5, 0.6) is 12.0 Å². The Morgan fingerprint density at radius 1 is 0.678 bits per heavy atom. The Morgan fingerprint density at radius 2 is 1.25 bits per heavy atom. The maximum absolute atomic E-state index is 14.3. The molecule has 87 heavy (non-hydrogen) atoms. The summed E-state index contributed by atoms with van der Waals surface area (Å²) in [7, 11) is 4.29. The van der Waals surface area contributed by atoms with Crippen molar-refractivity contribution in [3.8, 4) is 24.2 Å². The van der Waals surface area contributed by atoms with Gasteiger partial charge in [-0.15, -0.1) is 0 Å². The number of aryl methyl sites for hydroxylation is 2. The van der Waals surface area contributed by atoms with Crippen LogP contribution >= 0.6 is 0 Å². The molecule has 1 unspecified atom stereocenters. The van der Waals surface area contributed by atoms with Gasteiger partial charge in [-0.25, -0.2) is 4.39 Å². The molecule has 8 heterocycles. The van der Waals surface area contributed by atoms with E-state index in [1.54, 1.807) is 4.90 Å². The summed E-state index contributed by atoms with van der Waals surface area (Å²) >= 11 is 0. The van der Waals surface area contributed by atoms with Crippen LogP contribution in [0, 0.1) is 36.5 Å². The fourth-order valence-corrected chi connectivity index (χ4v) is 14.4. The Labute approximate surface area is 508 Å². The first-order valence-corrected chi connectivity index (χ1v) is 30.7. The molecular weight excluding hydrogens is 1100 g/mol. The highest BCUT2D eigenvalue weighted by molar-refractivity contribution is 5.98. The van der Waals surface area contributed by atoms with Gasteiger partial charge in [-0.05, 0) is 112 Å². The molecule has 12 rings (SSSR count). The summed E-state index contributed by atoms with van der Waals surface area (Å²) in [6, 6.07) is 28.6. The number of likely N-dealkylation sites (N-methyl/N-ethyl adjacent to an activating group) is 2. The smallest absolute Gasteiger partial charge is 0.318 e. The zero-order chi connectivity index (χ0) is 60.5. The number of carbonyl (C=O) groups is 2. The largest absolute Gasteiger partial charge is 0.462 e. The van der Waals surface area contributed by atoms with Crippen LogP contribution in [0.25, 0.3) is 21.5 Å². The molecular formula is C67H77FN14O5. The second kappa shape index (κ2) is 25.5. The Kier molecular flexibility index (Phi) is 17.3. The van der Waals surface area contributed by atoms with Crippen LogP contribution in [0.2, 0.25) is 0 Å². The molecule has 0 radical (unpaired) electrons. The van der Waals surface area contributed by atoms with E-state index in [-0.39, 0.29) is 62.0 Å². The van der Waals surface area contributed by atoms with Gasteiger partial charge in [0.05, 0.1) is 68.1 Å². The van der Waals surface area contributed by atoms with Crippen molar-refractivity contribution in [2.45, 2.75) is 102 Å². The first kappa shape index (κ1) is 58.9.